The van der Waals surface area contributed by atoms with Crippen molar-refractivity contribution in [3.05, 3.63) is 72.6 Å². The molecule has 1 aromatic carbocycles. The van der Waals surface area contributed by atoms with Crippen LogP contribution in [0.25, 0.3) is 0 Å². The first-order valence-corrected chi connectivity index (χ1v) is 6.31. The first-order valence-electron chi connectivity index (χ1n) is 6.31. The van der Waals surface area contributed by atoms with Crippen molar-refractivity contribution in [2.24, 2.45) is 0 Å². The van der Waals surface area contributed by atoms with Crippen molar-refractivity contribution in [1.29, 1.82) is 0 Å². The van der Waals surface area contributed by atoms with Crippen LogP contribution >= 0.6 is 24.8 Å². The fourth-order valence-corrected chi connectivity index (χ4v) is 1.75. The van der Waals surface area contributed by atoms with E-state index in [-0.39, 0.29) is 24.8 Å². The number of hydrogen-bond donors (Lipinski definition) is 1. The molecule has 0 aliphatic rings. The minimum atomic E-state index is 0. The predicted octanol–water partition coefficient (Wildman–Crippen LogP) is 3.78. The van der Waals surface area contributed by atoms with Gasteiger partial charge in [0.1, 0.15) is 12.4 Å². The predicted molar refractivity (Wildman–Crippen MR) is 91.4 cm³/mol. The van der Waals surface area contributed by atoms with Crippen LogP contribution in [0.1, 0.15) is 11.1 Å². The molecule has 0 unspecified atom stereocenters. The number of benzene rings is 1. The van der Waals surface area contributed by atoms with Crippen LogP contribution in [0.2, 0.25) is 0 Å². The van der Waals surface area contributed by atoms with E-state index in [4.69, 9.17) is 4.74 Å². The Kier molecular flexibility index (Phi) is 10.3. The van der Waals surface area contributed by atoms with Crippen LogP contribution in [0.3, 0.4) is 0 Å². The highest BCUT2D eigenvalue weighted by Gasteiger charge is 1.97. The van der Waals surface area contributed by atoms with Gasteiger partial charge in [-0.25, -0.2) is 0 Å². The second-order valence-corrected chi connectivity index (χ2v) is 4.21. The summed E-state index contributed by atoms with van der Waals surface area (Å²) in [5.74, 6) is 0.878. The number of nitrogens with zero attached hydrogens (tertiary/aromatic N) is 1. The molecule has 0 radical (unpaired) electrons. The van der Waals surface area contributed by atoms with Crippen LogP contribution in [0.5, 0.6) is 5.75 Å². The zero-order chi connectivity index (χ0) is 13.3. The summed E-state index contributed by atoms with van der Waals surface area (Å²) in [4.78, 5) is 4.00. The number of ether oxygens (including phenoxy) is 1. The van der Waals surface area contributed by atoms with E-state index in [2.05, 4.69) is 22.9 Å². The number of halogens is 2. The van der Waals surface area contributed by atoms with Crippen molar-refractivity contribution in [1.82, 2.24) is 10.3 Å². The number of nitrogens with one attached hydrogen (secondary N) is 1. The Hall–Kier alpha value is -1.55. The van der Waals surface area contributed by atoms with Crippen molar-refractivity contribution in [3.8, 4) is 5.75 Å². The summed E-state index contributed by atoms with van der Waals surface area (Å²) in [6.07, 6.45) is 5.36. The van der Waals surface area contributed by atoms with Gasteiger partial charge in [0.2, 0.25) is 0 Å². The Balaban J connectivity index is 0.00000200. The summed E-state index contributed by atoms with van der Waals surface area (Å²) in [5.41, 5.74) is 2.43. The van der Waals surface area contributed by atoms with Crippen LogP contribution in [-0.4, -0.2) is 11.6 Å². The topological polar surface area (TPSA) is 34.1 Å². The van der Waals surface area contributed by atoms with Crippen molar-refractivity contribution < 1.29 is 4.74 Å². The van der Waals surface area contributed by atoms with Crippen molar-refractivity contribution in [3.63, 3.8) is 0 Å². The van der Waals surface area contributed by atoms with Gasteiger partial charge in [-0.15, -0.1) is 24.8 Å². The highest BCUT2D eigenvalue weighted by molar-refractivity contribution is 5.85. The Morgan fingerprint density at radius 3 is 2.48 bits per heavy atom. The molecule has 0 spiro atoms. The minimum Gasteiger partial charge on any atom is -0.490 e. The molecule has 1 aromatic heterocycles. The molecule has 0 aliphatic carbocycles. The molecule has 0 saturated heterocycles. The van der Waals surface area contributed by atoms with Crippen molar-refractivity contribution in [2.45, 2.75) is 13.1 Å². The fourth-order valence-electron chi connectivity index (χ4n) is 1.75. The van der Waals surface area contributed by atoms with E-state index in [0.717, 1.165) is 18.8 Å². The molecule has 0 saturated carbocycles. The average Bonchev–Trinajstić information content (AvgIpc) is 2.47. The van der Waals surface area contributed by atoms with Crippen LogP contribution in [0.15, 0.2) is 61.4 Å². The molecule has 2 aromatic rings. The molecular formula is C16H20Cl2N2O. The van der Waals surface area contributed by atoms with Crippen LogP contribution in [-0.2, 0) is 13.1 Å². The summed E-state index contributed by atoms with van der Waals surface area (Å²) < 4.78 is 5.51. The van der Waals surface area contributed by atoms with Gasteiger partial charge in [-0.1, -0.05) is 24.8 Å². The smallest absolute Gasteiger partial charge is 0.120 e. The summed E-state index contributed by atoms with van der Waals surface area (Å²) in [5, 5.41) is 3.40. The maximum Gasteiger partial charge on any atom is 0.120 e. The SMILES string of the molecule is C=CCOc1cccc(CNCc2ccncc2)c1.Cl.Cl. The van der Waals surface area contributed by atoms with Gasteiger partial charge in [0.05, 0.1) is 0 Å². The summed E-state index contributed by atoms with van der Waals surface area (Å²) in [7, 11) is 0. The van der Waals surface area contributed by atoms with Gasteiger partial charge in [0.15, 0.2) is 0 Å². The molecule has 3 nitrogen and oxygen atoms in total. The quantitative estimate of drug-likeness (QED) is 0.786. The summed E-state index contributed by atoms with van der Waals surface area (Å²) in [6, 6.07) is 12.1. The number of aromatic nitrogens is 1. The summed E-state index contributed by atoms with van der Waals surface area (Å²) >= 11 is 0. The molecule has 1 N–H and O–H groups in total. The lowest BCUT2D eigenvalue weighted by molar-refractivity contribution is 0.362. The molecule has 5 heteroatoms. The molecule has 0 amide bonds. The third-order valence-electron chi connectivity index (χ3n) is 2.67. The van der Waals surface area contributed by atoms with E-state index in [1.807, 2.05) is 30.3 Å². The molecule has 2 rings (SSSR count). The molecule has 0 bridgehead atoms. The second-order valence-electron chi connectivity index (χ2n) is 4.21. The zero-order valence-corrected chi connectivity index (χ0v) is 13.3. The molecule has 114 valence electrons. The average molecular weight is 327 g/mol. The van der Waals surface area contributed by atoms with Crippen LogP contribution in [0.4, 0.5) is 0 Å². The number of pyridine rings is 1. The Labute approximate surface area is 138 Å². The lowest BCUT2D eigenvalue weighted by atomic mass is 10.2. The zero-order valence-electron chi connectivity index (χ0n) is 11.7. The molecule has 0 atom stereocenters. The van der Waals surface area contributed by atoms with Crippen molar-refractivity contribution in [2.75, 3.05) is 6.61 Å². The largest absolute Gasteiger partial charge is 0.490 e. The van der Waals surface area contributed by atoms with Gasteiger partial charge in [0.25, 0.3) is 0 Å². The van der Waals surface area contributed by atoms with E-state index >= 15 is 0 Å². The highest BCUT2D eigenvalue weighted by Crippen LogP contribution is 2.13. The first-order chi connectivity index (χ1) is 9.38. The van der Waals surface area contributed by atoms with Gasteiger partial charge in [-0.2, -0.15) is 0 Å². The van der Waals surface area contributed by atoms with E-state index < -0.39 is 0 Å². The van der Waals surface area contributed by atoms with Crippen LogP contribution in [0, 0.1) is 0 Å². The van der Waals surface area contributed by atoms with E-state index in [9.17, 15) is 0 Å². The maximum absolute atomic E-state index is 5.51. The normalized spacial score (nSPS) is 9.14. The summed E-state index contributed by atoms with van der Waals surface area (Å²) in [6.45, 7) is 5.82. The fraction of sp³-hybridized carbons (Fsp3) is 0.188. The Morgan fingerprint density at radius 1 is 1.05 bits per heavy atom. The van der Waals surface area contributed by atoms with Gasteiger partial charge < -0.3 is 10.1 Å². The van der Waals surface area contributed by atoms with Crippen LogP contribution < -0.4 is 10.1 Å². The molecule has 1 heterocycles. The number of rotatable bonds is 7. The van der Waals surface area contributed by atoms with Gasteiger partial charge in [-0.05, 0) is 35.4 Å². The first kappa shape index (κ1) is 19.4. The monoisotopic (exact) mass is 326 g/mol. The van der Waals surface area contributed by atoms with Gasteiger partial charge in [0, 0.05) is 25.5 Å². The standard InChI is InChI=1S/C16H18N2O.2ClH/c1-2-10-19-16-5-3-4-15(11-16)13-18-12-14-6-8-17-9-7-14;;/h2-9,11,18H,1,10,12-13H2;2*1H. The lowest BCUT2D eigenvalue weighted by Crippen LogP contribution is -2.12. The minimum absolute atomic E-state index is 0. The second kappa shape index (κ2) is 11.1. The molecule has 0 fully saturated rings. The third-order valence-corrected chi connectivity index (χ3v) is 2.67. The highest BCUT2D eigenvalue weighted by atomic mass is 35.5. The number of hydrogen-bond acceptors (Lipinski definition) is 3. The Morgan fingerprint density at radius 2 is 1.76 bits per heavy atom. The molecular weight excluding hydrogens is 307 g/mol. The van der Waals surface area contributed by atoms with Gasteiger partial charge >= 0.3 is 0 Å². The van der Waals surface area contributed by atoms with E-state index in [1.54, 1.807) is 18.5 Å². The maximum atomic E-state index is 5.51. The molecule has 21 heavy (non-hydrogen) atoms. The Bertz CT molecular complexity index is 521. The molecule has 0 aliphatic heterocycles. The lowest BCUT2D eigenvalue weighted by Gasteiger charge is -2.07. The van der Waals surface area contributed by atoms with Gasteiger partial charge in [-0.3, -0.25) is 4.98 Å². The van der Waals surface area contributed by atoms with E-state index in [0.29, 0.717) is 6.61 Å². The van der Waals surface area contributed by atoms with Crippen molar-refractivity contribution >= 4 is 24.8 Å². The van der Waals surface area contributed by atoms with E-state index in [1.165, 1.54) is 11.1 Å². The third kappa shape index (κ3) is 7.14.